The molecule has 90 valence electrons. The third kappa shape index (κ3) is 3.80. The highest BCUT2D eigenvalue weighted by molar-refractivity contribution is 7.99. The smallest absolute Gasteiger partial charge is 0.0555 e. The van der Waals surface area contributed by atoms with Crippen LogP contribution in [0.5, 0.6) is 0 Å². The quantitative estimate of drug-likeness (QED) is 0.828. The van der Waals surface area contributed by atoms with Gasteiger partial charge in [-0.05, 0) is 24.5 Å². The molecule has 17 heavy (non-hydrogen) atoms. The highest BCUT2D eigenvalue weighted by Crippen LogP contribution is 2.32. The third-order valence-electron chi connectivity index (χ3n) is 3.12. The van der Waals surface area contributed by atoms with Gasteiger partial charge in [0.25, 0.3) is 0 Å². The Kier molecular flexibility index (Phi) is 4.97. The molecule has 0 unspecified atom stereocenters. The lowest BCUT2D eigenvalue weighted by atomic mass is 10.1. The van der Waals surface area contributed by atoms with Gasteiger partial charge in [-0.25, -0.2) is 0 Å². The normalized spacial score (nSPS) is 15.6. The molecular weight excluding hydrogens is 226 g/mol. The van der Waals surface area contributed by atoms with E-state index < -0.39 is 0 Å². The molecular formula is C15H19NS. The van der Waals surface area contributed by atoms with Gasteiger partial charge < -0.3 is 5.73 Å². The standard InChI is InChI=1S/C15H19NS/c16-11-5-8-13-6-1-2-7-14(13)12-17-15-9-3-4-10-15/h1-2,6-7,15H,3-4,9-12,16H2. The highest BCUT2D eigenvalue weighted by atomic mass is 32.2. The number of rotatable bonds is 3. The van der Waals surface area contributed by atoms with Gasteiger partial charge in [0.1, 0.15) is 0 Å². The van der Waals surface area contributed by atoms with Crippen LogP contribution in [0.3, 0.4) is 0 Å². The van der Waals surface area contributed by atoms with Crippen molar-refractivity contribution in [2.75, 3.05) is 6.54 Å². The summed E-state index contributed by atoms with van der Waals surface area (Å²) in [5.74, 6) is 7.18. The molecule has 0 aromatic heterocycles. The zero-order chi connectivity index (χ0) is 11.9. The first-order valence-electron chi connectivity index (χ1n) is 6.28. The molecule has 0 spiro atoms. The Bertz CT molecular complexity index is 410. The van der Waals surface area contributed by atoms with E-state index in [1.165, 1.54) is 31.2 Å². The average Bonchev–Trinajstić information content (AvgIpc) is 2.88. The Morgan fingerprint density at radius 3 is 2.76 bits per heavy atom. The summed E-state index contributed by atoms with van der Waals surface area (Å²) in [4.78, 5) is 0. The SMILES string of the molecule is NCC#Cc1ccccc1CSC1CCCC1. The second-order valence-electron chi connectivity index (χ2n) is 4.38. The second kappa shape index (κ2) is 6.74. The molecule has 0 heterocycles. The number of nitrogens with two attached hydrogens (primary N) is 1. The van der Waals surface area contributed by atoms with E-state index in [2.05, 4.69) is 41.8 Å². The largest absolute Gasteiger partial charge is 0.320 e. The predicted octanol–water partition coefficient (Wildman–Crippen LogP) is 3.17. The summed E-state index contributed by atoms with van der Waals surface area (Å²) < 4.78 is 0. The number of hydrogen-bond acceptors (Lipinski definition) is 2. The lowest BCUT2D eigenvalue weighted by molar-refractivity contribution is 0.886. The van der Waals surface area contributed by atoms with E-state index in [1.807, 2.05) is 6.07 Å². The van der Waals surface area contributed by atoms with Crippen LogP contribution < -0.4 is 5.73 Å². The molecule has 0 saturated heterocycles. The average molecular weight is 245 g/mol. The van der Waals surface area contributed by atoms with Crippen LogP contribution in [0.15, 0.2) is 24.3 Å². The Morgan fingerprint density at radius 2 is 2.00 bits per heavy atom. The zero-order valence-corrected chi connectivity index (χ0v) is 10.9. The van der Waals surface area contributed by atoms with Crippen molar-refractivity contribution in [1.29, 1.82) is 0 Å². The molecule has 2 rings (SSSR count). The Morgan fingerprint density at radius 1 is 1.24 bits per heavy atom. The maximum Gasteiger partial charge on any atom is 0.0555 e. The Balaban J connectivity index is 1.98. The molecule has 1 nitrogen and oxygen atoms in total. The molecule has 2 heteroatoms. The minimum Gasteiger partial charge on any atom is -0.320 e. The first-order chi connectivity index (χ1) is 8.40. The molecule has 2 N–H and O–H groups in total. The van der Waals surface area contributed by atoms with E-state index >= 15 is 0 Å². The Labute approximate surface area is 108 Å². The van der Waals surface area contributed by atoms with Gasteiger partial charge in [-0.3, -0.25) is 0 Å². The summed E-state index contributed by atoms with van der Waals surface area (Å²) in [5.41, 5.74) is 7.92. The van der Waals surface area contributed by atoms with Crippen LogP contribution in [-0.4, -0.2) is 11.8 Å². The summed E-state index contributed by atoms with van der Waals surface area (Å²) >= 11 is 2.09. The van der Waals surface area contributed by atoms with Crippen LogP contribution in [0, 0.1) is 11.8 Å². The van der Waals surface area contributed by atoms with Crippen LogP contribution in [0.1, 0.15) is 36.8 Å². The van der Waals surface area contributed by atoms with Gasteiger partial charge in [0.2, 0.25) is 0 Å². The fourth-order valence-corrected chi connectivity index (χ4v) is 3.51. The van der Waals surface area contributed by atoms with Crippen molar-refractivity contribution in [3.05, 3.63) is 35.4 Å². The fraction of sp³-hybridized carbons (Fsp3) is 0.467. The molecule has 0 amide bonds. The summed E-state index contributed by atoms with van der Waals surface area (Å²) in [6.45, 7) is 0.435. The van der Waals surface area contributed by atoms with Crippen LogP contribution in [0.25, 0.3) is 0 Å². The van der Waals surface area contributed by atoms with Gasteiger partial charge >= 0.3 is 0 Å². The van der Waals surface area contributed by atoms with E-state index in [0.29, 0.717) is 6.54 Å². The molecule has 0 bridgehead atoms. The van der Waals surface area contributed by atoms with Crippen molar-refractivity contribution in [2.24, 2.45) is 5.73 Å². The molecule has 1 aromatic rings. The lowest BCUT2D eigenvalue weighted by Crippen LogP contribution is -1.97. The van der Waals surface area contributed by atoms with E-state index in [-0.39, 0.29) is 0 Å². The van der Waals surface area contributed by atoms with E-state index in [0.717, 1.165) is 16.6 Å². The zero-order valence-electron chi connectivity index (χ0n) is 10.1. The van der Waals surface area contributed by atoms with E-state index in [9.17, 15) is 0 Å². The molecule has 1 aliphatic rings. The number of benzene rings is 1. The Hall–Kier alpha value is -0.910. The van der Waals surface area contributed by atoms with Crippen LogP contribution in [0.4, 0.5) is 0 Å². The van der Waals surface area contributed by atoms with Crippen molar-refractivity contribution < 1.29 is 0 Å². The van der Waals surface area contributed by atoms with Crippen molar-refractivity contribution in [3.8, 4) is 11.8 Å². The van der Waals surface area contributed by atoms with Crippen molar-refractivity contribution in [2.45, 2.75) is 36.7 Å². The maximum atomic E-state index is 5.42. The summed E-state index contributed by atoms with van der Waals surface area (Å²) in [7, 11) is 0. The van der Waals surface area contributed by atoms with Gasteiger partial charge in [0.15, 0.2) is 0 Å². The fourth-order valence-electron chi connectivity index (χ4n) is 2.18. The number of thioether (sulfide) groups is 1. The molecule has 1 aliphatic carbocycles. The van der Waals surface area contributed by atoms with Crippen molar-refractivity contribution >= 4 is 11.8 Å². The predicted molar refractivity (Wildman–Crippen MR) is 75.9 cm³/mol. The number of hydrogen-bond donors (Lipinski definition) is 1. The molecule has 1 saturated carbocycles. The van der Waals surface area contributed by atoms with Crippen LogP contribution in [-0.2, 0) is 5.75 Å². The van der Waals surface area contributed by atoms with E-state index in [1.54, 1.807) is 0 Å². The molecule has 1 aromatic carbocycles. The minimum atomic E-state index is 0.435. The third-order valence-corrected chi connectivity index (χ3v) is 4.54. The van der Waals surface area contributed by atoms with Crippen molar-refractivity contribution in [3.63, 3.8) is 0 Å². The highest BCUT2D eigenvalue weighted by Gasteiger charge is 2.15. The molecule has 0 radical (unpaired) electrons. The first kappa shape index (κ1) is 12.5. The van der Waals surface area contributed by atoms with Crippen molar-refractivity contribution in [1.82, 2.24) is 0 Å². The summed E-state index contributed by atoms with van der Waals surface area (Å²) in [5, 5.41) is 0.866. The molecule has 0 aliphatic heterocycles. The topological polar surface area (TPSA) is 26.0 Å². The van der Waals surface area contributed by atoms with Gasteiger partial charge in [-0.2, -0.15) is 11.8 Å². The van der Waals surface area contributed by atoms with Gasteiger partial charge in [0, 0.05) is 16.6 Å². The lowest BCUT2D eigenvalue weighted by Gasteiger charge is -2.09. The van der Waals surface area contributed by atoms with E-state index in [4.69, 9.17) is 5.73 Å². The summed E-state index contributed by atoms with van der Waals surface area (Å²) in [6.07, 6.45) is 5.60. The second-order valence-corrected chi connectivity index (χ2v) is 5.67. The van der Waals surface area contributed by atoms with Gasteiger partial charge in [-0.15, -0.1) is 0 Å². The summed E-state index contributed by atoms with van der Waals surface area (Å²) in [6, 6.07) is 8.41. The van der Waals surface area contributed by atoms with Crippen LogP contribution in [0.2, 0.25) is 0 Å². The monoisotopic (exact) mass is 245 g/mol. The molecule has 0 atom stereocenters. The van der Waals surface area contributed by atoms with Gasteiger partial charge in [0.05, 0.1) is 6.54 Å². The van der Waals surface area contributed by atoms with Crippen LogP contribution >= 0.6 is 11.8 Å². The maximum absolute atomic E-state index is 5.42. The van der Waals surface area contributed by atoms with Gasteiger partial charge in [-0.1, -0.05) is 42.9 Å². The molecule has 1 fully saturated rings. The first-order valence-corrected chi connectivity index (χ1v) is 7.33. The minimum absolute atomic E-state index is 0.435.